The van der Waals surface area contributed by atoms with Gasteiger partial charge in [-0.3, -0.25) is 19.7 Å². The number of hydrogen-bond acceptors (Lipinski definition) is 7. The summed E-state index contributed by atoms with van der Waals surface area (Å²) in [6.07, 6.45) is 1.47. The maximum Gasteiger partial charge on any atom is 0.296 e. The van der Waals surface area contributed by atoms with Gasteiger partial charge in [0.1, 0.15) is 11.5 Å². The Morgan fingerprint density at radius 1 is 1.14 bits per heavy atom. The van der Waals surface area contributed by atoms with E-state index < -0.39 is 21.9 Å². The molecule has 0 aliphatic rings. The number of aromatic nitrogens is 3. The first kappa shape index (κ1) is 18.6. The SMILES string of the molecule is O=c1nc2s/c(=C/c3ccccc3[N+](=O)[O-])c(=O)n2nc1Cc1ccc(F)cc1. The number of para-hydroxylation sites is 1. The molecule has 0 aliphatic carbocycles. The lowest BCUT2D eigenvalue weighted by Crippen LogP contribution is -2.28. The molecule has 0 amide bonds. The van der Waals surface area contributed by atoms with Gasteiger partial charge in [0, 0.05) is 12.5 Å². The third-order valence-corrected chi connectivity index (χ3v) is 5.11. The van der Waals surface area contributed by atoms with Gasteiger partial charge >= 0.3 is 0 Å². The predicted molar refractivity (Wildman–Crippen MR) is 104 cm³/mol. The molecule has 2 aromatic carbocycles. The van der Waals surface area contributed by atoms with Crippen molar-refractivity contribution in [3.63, 3.8) is 0 Å². The second kappa shape index (κ2) is 7.32. The van der Waals surface area contributed by atoms with Crippen LogP contribution in [0.1, 0.15) is 16.8 Å². The number of benzene rings is 2. The van der Waals surface area contributed by atoms with Gasteiger partial charge in [0.25, 0.3) is 16.8 Å². The number of hydrogen-bond donors (Lipinski definition) is 0. The zero-order chi connectivity index (χ0) is 20.5. The maximum absolute atomic E-state index is 13.0. The molecule has 0 N–H and O–H groups in total. The Labute approximate surface area is 165 Å². The molecule has 0 radical (unpaired) electrons. The summed E-state index contributed by atoms with van der Waals surface area (Å²) in [4.78, 5) is 39.6. The molecule has 0 bridgehead atoms. The third-order valence-electron chi connectivity index (χ3n) is 4.16. The largest absolute Gasteiger partial charge is 0.296 e. The fourth-order valence-electron chi connectivity index (χ4n) is 2.76. The van der Waals surface area contributed by atoms with Crippen LogP contribution in [-0.2, 0) is 6.42 Å². The Balaban J connectivity index is 1.83. The van der Waals surface area contributed by atoms with Crippen LogP contribution >= 0.6 is 11.3 Å². The van der Waals surface area contributed by atoms with Gasteiger partial charge in [0.2, 0.25) is 4.96 Å². The van der Waals surface area contributed by atoms with Crippen LogP contribution in [0.15, 0.2) is 58.1 Å². The van der Waals surface area contributed by atoms with Gasteiger partial charge in [-0.25, -0.2) is 4.39 Å². The molecule has 144 valence electrons. The molecule has 0 saturated carbocycles. The second-order valence-electron chi connectivity index (χ2n) is 6.09. The van der Waals surface area contributed by atoms with Gasteiger partial charge in [-0.05, 0) is 29.8 Å². The topological polar surface area (TPSA) is 107 Å². The van der Waals surface area contributed by atoms with Crippen LogP contribution < -0.4 is 15.7 Å². The fourth-order valence-corrected chi connectivity index (χ4v) is 3.66. The van der Waals surface area contributed by atoms with E-state index in [-0.39, 0.29) is 32.9 Å². The van der Waals surface area contributed by atoms with Crippen LogP contribution in [0.5, 0.6) is 0 Å². The minimum atomic E-state index is -0.590. The molecule has 2 heterocycles. The zero-order valence-corrected chi connectivity index (χ0v) is 15.4. The number of nitrogens with zero attached hydrogens (tertiary/aromatic N) is 4. The lowest BCUT2D eigenvalue weighted by molar-refractivity contribution is -0.385. The Kier molecular flexibility index (Phi) is 4.69. The van der Waals surface area contributed by atoms with Crippen molar-refractivity contribution < 1.29 is 9.31 Å². The summed E-state index contributed by atoms with van der Waals surface area (Å²) < 4.78 is 14.2. The predicted octanol–water partition coefficient (Wildman–Crippen LogP) is 1.70. The van der Waals surface area contributed by atoms with Crippen LogP contribution in [0, 0.1) is 15.9 Å². The van der Waals surface area contributed by atoms with E-state index in [4.69, 9.17) is 0 Å². The van der Waals surface area contributed by atoms with Crippen molar-refractivity contribution >= 4 is 28.1 Å². The van der Waals surface area contributed by atoms with Crippen LogP contribution in [0.4, 0.5) is 10.1 Å². The molecule has 0 fully saturated rings. The van der Waals surface area contributed by atoms with Crippen molar-refractivity contribution in [1.82, 2.24) is 14.6 Å². The summed E-state index contributed by atoms with van der Waals surface area (Å²) >= 11 is 0.919. The first-order valence-electron chi connectivity index (χ1n) is 8.35. The minimum Gasteiger partial charge on any atom is -0.266 e. The number of fused-ring (bicyclic) bond motifs is 1. The minimum absolute atomic E-state index is 0.0428. The van der Waals surface area contributed by atoms with Crippen LogP contribution in [0.2, 0.25) is 0 Å². The van der Waals surface area contributed by atoms with Crippen molar-refractivity contribution in [2.75, 3.05) is 0 Å². The highest BCUT2D eigenvalue weighted by Crippen LogP contribution is 2.18. The van der Waals surface area contributed by atoms with Crippen molar-refractivity contribution in [2.45, 2.75) is 6.42 Å². The summed E-state index contributed by atoms with van der Waals surface area (Å²) in [7, 11) is 0. The quantitative estimate of drug-likeness (QED) is 0.374. The van der Waals surface area contributed by atoms with Crippen LogP contribution in [0.25, 0.3) is 11.0 Å². The molecule has 0 spiro atoms. The van der Waals surface area contributed by atoms with Crippen molar-refractivity contribution in [3.8, 4) is 0 Å². The summed E-state index contributed by atoms with van der Waals surface area (Å²) in [5.74, 6) is -0.401. The highest BCUT2D eigenvalue weighted by atomic mass is 32.1. The third kappa shape index (κ3) is 3.65. The summed E-state index contributed by atoms with van der Waals surface area (Å²) in [5, 5.41) is 15.3. The van der Waals surface area contributed by atoms with E-state index >= 15 is 0 Å². The Morgan fingerprint density at radius 3 is 2.59 bits per heavy atom. The van der Waals surface area contributed by atoms with Crippen molar-refractivity contribution in [2.24, 2.45) is 0 Å². The van der Waals surface area contributed by atoms with Crippen molar-refractivity contribution in [3.05, 3.63) is 107 Å². The number of nitro benzene ring substituents is 1. The molecule has 0 aliphatic heterocycles. The molecule has 8 nitrogen and oxygen atoms in total. The van der Waals surface area contributed by atoms with Gasteiger partial charge in [0.15, 0.2) is 0 Å². The summed E-state index contributed by atoms with van der Waals surface area (Å²) in [6.45, 7) is 0. The molecule has 0 unspecified atom stereocenters. The van der Waals surface area contributed by atoms with Gasteiger partial charge in [-0.15, -0.1) is 0 Å². The molecule has 4 aromatic rings. The average molecular weight is 410 g/mol. The molecular weight excluding hydrogens is 399 g/mol. The average Bonchev–Trinajstić information content (AvgIpc) is 2.99. The van der Waals surface area contributed by atoms with E-state index in [1.54, 1.807) is 6.07 Å². The van der Waals surface area contributed by atoms with Crippen LogP contribution in [-0.4, -0.2) is 19.5 Å². The van der Waals surface area contributed by atoms with Gasteiger partial charge in [-0.2, -0.15) is 14.6 Å². The Bertz CT molecular complexity index is 1410. The van der Waals surface area contributed by atoms with E-state index in [1.807, 2.05) is 0 Å². The number of rotatable bonds is 4. The summed E-state index contributed by atoms with van der Waals surface area (Å²) in [5.41, 5.74) is -0.315. The van der Waals surface area contributed by atoms with E-state index in [0.717, 1.165) is 15.9 Å². The number of nitro groups is 1. The van der Waals surface area contributed by atoms with E-state index in [2.05, 4.69) is 10.1 Å². The molecular formula is C19H11FN4O4S. The number of halogens is 1. The van der Waals surface area contributed by atoms with Crippen molar-refractivity contribution in [1.29, 1.82) is 0 Å². The Morgan fingerprint density at radius 2 is 1.86 bits per heavy atom. The molecule has 4 rings (SSSR count). The molecule has 0 saturated heterocycles. The van der Waals surface area contributed by atoms with E-state index in [0.29, 0.717) is 5.56 Å². The molecule has 10 heteroatoms. The summed E-state index contributed by atoms with van der Waals surface area (Å²) in [6, 6.07) is 11.6. The van der Waals surface area contributed by atoms with Gasteiger partial charge < -0.3 is 0 Å². The maximum atomic E-state index is 13.0. The van der Waals surface area contributed by atoms with Gasteiger partial charge in [0.05, 0.1) is 15.0 Å². The lowest BCUT2D eigenvalue weighted by Gasteiger charge is -2.00. The first-order valence-corrected chi connectivity index (χ1v) is 9.16. The molecule has 29 heavy (non-hydrogen) atoms. The first-order chi connectivity index (χ1) is 13.9. The highest BCUT2D eigenvalue weighted by Gasteiger charge is 2.14. The lowest BCUT2D eigenvalue weighted by atomic mass is 10.1. The highest BCUT2D eigenvalue weighted by molar-refractivity contribution is 7.15. The standard InChI is InChI=1S/C19H11FN4O4S/c20-13-7-5-11(6-8-13)9-14-17(25)21-19-23(22-14)18(26)16(29-19)10-12-3-1-2-4-15(12)24(27)28/h1-8,10H,9H2/b16-10+. The van der Waals surface area contributed by atoms with E-state index in [1.165, 1.54) is 48.5 Å². The smallest absolute Gasteiger partial charge is 0.266 e. The monoisotopic (exact) mass is 410 g/mol. The fraction of sp³-hybridized carbons (Fsp3) is 0.0526. The van der Waals surface area contributed by atoms with E-state index in [9.17, 15) is 24.1 Å². The Hall–Kier alpha value is -3.79. The molecule has 0 atom stereocenters. The van der Waals surface area contributed by atoms with Gasteiger partial charge in [-0.1, -0.05) is 35.6 Å². The number of thiazole rings is 1. The molecule has 2 aromatic heterocycles. The van der Waals surface area contributed by atoms with Crippen LogP contribution in [0.3, 0.4) is 0 Å². The normalized spacial score (nSPS) is 11.8. The zero-order valence-electron chi connectivity index (χ0n) is 14.6. The second-order valence-corrected chi connectivity index (χ2v) is 7.10.